The van der Waals surface area contributed by atoms with Crippen molar-refractivity contribution in [2.75, 3.05) is 12.3 Å². The minimum Gasteiger partial charge on any atom is -0.370 e. The van der Waals surface area contributed by atoms with Crippen LogP contribution in [0, 0.1) is 0 Å². The zero-order valence-corrected chi connectivity index (χ0v) is 9.06. The summed E-state index contributed by atoms with van der Waals surface area (Å²) < 4.78 is 0. The molecule has 5 heteroatoms. The van der Waals surface area contributed by atoms with Crippen LogP contribution in [0.1, 0.15) is 26.7 Å². The van der Waals surface area contributed by atoms with E-state index in [2.05, 4.69) is 23.7 Å². The number of thiol groups is 1. The van der Waals surface area contributed by atoms with E-state index in [1.807, 2.05) is 6.92 Å². The lowest BCUT2D eigenvalue weighted by Crippen LogP contribution is -2.23. The van der Waals surface area contributed by atoms with Crippen LogP contribution in [-0.4, -0.2) is 24.1 Å². The van der Waals surface area contributed by atoms with E-state index < -0.39 is 0 Å². The van der Waals surface area contributed by atoms with Gasteiger partial charge in [0.25, 0.3) is 0 Å². The quantitative estimate of drug-likeness (QED) is 0.580. The fraction of sp³-hybridized carbons (Fsp3) is 0.750. The van der Waals surface area contributed by atoms with E-state index in [0.29, 0.717) is 25.1 Å². The van der Waals surface area contributed by atoms with Crippen LogP contribution >= 0.6 is 12.6 Å². The number of carbonyl (C=O) groups is 2. The summed E-state index contributed by atoms with van der Waals surface area (Å²) in [5.74, 6) is 0.565. The van der Waals surface area contributed by atoms with Gasteiger partial charge in [-0.1, -0.05) is 13.8 Å². The van der Waals surface area contributed by atoms with Crippen LogP contribution in [0.2, 0.25) is 0 Å². The maximum absolute atomic E-state index is 10.4. The third-order valence-electron chi connectivity index (χ3n) is 1.10. The summed E-state index contributed by atoms with van der Waals surface area (Å²) in [6, 6.07) is 0. The van der Waals surface area contributed by atoms with Crippen molar-refractivity contribution in [3.8, 4) is 0 Å². The fourth-order valence-electron chi connectivity index (χ4n) is 0.320. The third kappa shape index (κ3) is 18.3. The first-order chi connectivity index (χ1) is 6.08. The second-order valence-corrected chi connectivity index (χ2v) is 2.69. The van der Waals surface area contributed by atoms with Gasteiger partial charge >= 0.3 is 0 Å². The molecule has 0 fully saturated rings. The molecule has 0 spiro atoms. The van der Waals surface area contributed by atoms with Crippen LogP contribution in [0.4, 0.5) is 0 Å². The Bertz CT molecular complexity index is 151. The van der Waals surface area contributed by atoms with Crippen LogP contribution in [0.25, 0.3) is 0 Å². The predicted octanol–water partition coefficient (Wildman–Crippen LogP) is 0.324. The van der Waals surface area contributed by atoms with Gasteiger partial charge in [0.1, 0.15) is 0 Å². The summed E-state index contributed by atoms with van der Waals surface area (Å²) in [5, 5.41) is 2.67. The second-order valence-electron chi connectivity index (χ2n) is 2.25. The molecule has 0 unspecified atom stereocenters. The molecular weight excluding hydrogens is 188 g/mol. The highest BCUT2D eigenvalue weighted by molar-refractivity contribution is 7.80. The molecule has 78 valence electrons. The van der Waals surface area contributed by atoms with Gasteiger partial charge in [-0.3, -0.25) is 9.59 Å². The number of nitrogens with two attached hydrogens (primary N) is 1. The Morgan fingerprint density at radius 1 is 1.31 bits per heavy atom. The summed E-state index contributed by atoms with van der Waals surface area (Å²) in [6.45, 7) is 4.23. The van der Waals surface area contributed by atoms with E-state index in [0.717, 1.165) is 0 Å². The largest absolute Gasteiger partial charge is 0.370 e. The minimum absolute atomic E-state index is 0.0963. The highest BCUT2D eigenvalue weighted by atomic mass is 32.1. The van der Waals surface area contributed by atoms with Crippen molar-refractivity contribution in [2.24, 2.45) is 5.73 Å². The van der Waals surface area contributed by atoms with E-state index in [-0.39, 0.29) is 11.8 Å². The van der Waals surface area contributed by atoms with Gasteiger partial charge < -0.3 is 11.1 Å². The van der Waals surface area contributed by atoms with Gasteiger partial charge in [-0.05, 0) is 0 Å². The van der Waals surface area contributed by atoms with Gasteiger partial charge in [0.15, 0.2) is 0 Å². The van der Waals surface area contributed by atoms with E-state index in [1.165, 1.54) is 0 Å². The molecule has 0 rings (SSSR count). The Labute approximate surface area is 84.7 Å². The molecule has 0 heterocycles. The van der Waals surface area contributed by atoms with Crippen LogP contribution in [0.15, 0.2) is 0 Å². The fourth-order valence-corrected chi connectivity index (χ4v) is 0.432. The standard InChI is InChI=1S/C5H11NOS.C3H7NO/c1-2-5(7)6-3-4-8;1-2-3(4)5/h8H,2-4H2,1H3,(H,6,7);2H2,1H3,(H2,4,5). The lowest BCUT2D eigenvalue weighted by Gasteiger charge is -1.96. The van der Waals surface area contributed by atoms with E-state index >= 15 is 0 Å². The summed E-state index contributed by atoms with van der Waals surface area (Å²) in [6.07, 6.45) is 1.01. The predicted molar refractivity (Wildman–Crippen MR) is 56.6 cm³/mol. The molecule has 0 aromatic carbocycles. The Kier molecular flexibility index (Phi) is 12.8. The highest BCUT2D eigenvalue weighted by Gasteiger charge is 1.90. The zero-order valence-electron chi connectivity index (χ0n) is 8.17. The normalized spacial score (nSPS) is 8.23. The average molecular weight is 206 g/mol. The topological polar surface area (TPSA) is 72.2 Å². The summed E-state index contributed by atoms with van der Waals surface area (Å²) in [4.78, 5) is 20.0. The van der Waals surface area contributed by atoms with Crippen LogP contribution in [-0.2, 0) is 9.59 Å². The molecular formula is C8H18N2O2S. The first kappa shape index (κ1) is 14.8. The van der Waals surface area contributed by atoms with Crippen molar-refractivity contribution in [2.45, 2.75) is 26.7 Å². The van der Waals surface area contributed by atoms with Gasteiger partial charge in [-0.15, -0.1) is 0 Å². The molecule has 2 amide bonds. The van der Waals surface area contributed by atoms with Gasteiger partial charge in [0.05, 0.1) is 0 Å². The first-order valence-electron chi connectivity index (χ1n) is 4.24. The van der Waals surface area contributed by atoms with Crippen molar-refractivity contribution < 1.29 is 9.59 Å². The Morgan fingerprint density at radius 3 is 2.00 bits per heavy atom. The molecule has 0 aromatic heterocycles. The van der Waals surface area contributed by atoms with Gasteiger partial charge in [-0.25, -0.2) is 0 Å². The Balaban J connectivity index is 0. The van der Waals surface area contributed by atoms with Crippen molar-refractivity contribution in [1.82, 2.24) is 5.32 Å². The highest BCUT2D eigenvalue weighted by Crippen LogP contribution is 1.74. The number of hydrogen-bond acceptors (Lipinski definition) is 3. The zero-order chi connectivity index (χ0) is 10.7. The van der Waals surface area contributed by atoms with Crippen LogP contribution < -0.4 is 11.1 Å². The summed E-state index contributed by atoms with van der Waals surface area (Å²) in [5.41, 5.74) is 4.65. The van der Waals surface area contributed by atoms with Crippen molar-refractivity contribution >= 4 is 24.4 Å². The molecule has 4 nitrogen and oxygen atoms in total. The van der Waals surface area contributed by atoms with Gasteiger partial charge in [0.2, 0.25) is 11.8 Å². The summed E-state index contributed by atoms with van der Waals surface area (Å²) >= 11 is 3.92. The molecule has 0 saturated carbocycles. The van der Waals surface area contributed by atoms with E-state index in [4.69, 9.17) is 0 Å². The van der Waals surface area contributed by atoms with Gasteiger partial charge in [-0.2, -0.15) is 12.6 Å². The number of carbonyl (C=O) groups excluding carboxylic acids is 2. The molecule has 0 aromatic rings. The van der Waals surface area contributed by atoms with Crippen LogP contribution in [0.5, 0.6) is 0 Å². The van der Waals surface area contributed by atoms with Gasteiger partial charge in [0, 0.05) is 25.1 Å². The first-order valence-corrected chi connectivity index (χ1v) is 4.87. The minimum atomic E-state index is -0.245. The SMILES string of the molecule is CCC(=O)NCCS.CCC(N)=O. The number of primary amides is 1. The molecule has 13 heavy (non-hydrogen) atoms. The Morgan fingerprint density at radius 2 is 1.77 bits per heavy atom. The van der Waals surface area contributed by atoms with E-state index in [9.17, 15) is 9.59 Å². The molecule has 0 bridgehead atoms. The number of rotatable bonds is 4. The average Bonchev–Trinajstić information content (AvgIpc) is 2.15. The van der Waals surface area contributed by atoms with E-state index in [1.54, 1.807) is 6.92 Å². The molecule has 0 aliphatic heterocycles. The third-order valence-corrected chi connectivity index (χ3v) is 1.33. The molecule has 0 aliphatic carbocycles. The van der Waals surface area contributed by atoms with Crippen molar-refractivity contribution in [3.63, 3.8) is 0 Å². The second kappa shape index (κ2) is 11.3. The molecule has 3 N–H and O–H groups in total. The molecule has 0 atom stereocenters. The smallest absolute Gasteiger partial charge is 0.219 e. The Hall–Kier alpha value is -0.710. The number of nitrogens with one attached hydrogen (secondary N) is 1. The van der Waals surface area contributed by atoms with Crippen molar-refractivity contribution in [3.05, 3.63) is 0 Å². The molecule has 0 aliphatic rings. The molecule has 0 radical (unpaired) electrons. The monoisotopic (exact) mass is 206 g/mol. The maximum Gasteiger partial charge on any atom is 0.219 e. The maximum atomic E-state index is 10.4. The number of amides is 2. The number of hydrogen-bond donors (Lipinski definition) is 3. The van der Waals surface area contributed by atoms with Crippen LogP contribution in [0.3, 0.4) is 0 Å². The lowest BCUT2D eigenvalue weighted by molar-refractivity contribution is -0.120. The van der Waals surface area contributed by atoms with Crippen molar-refractivity contribution in [1.29, 1.82) is 0 Å². The molecule has 0 saturated heterocycles. The lowest BCUT2D eigenvalue weighted by atomic mass is 10.4. The summed E-state index contributed by atoms with van der Waals surface area (Å²) in [7, 11) is 0.